The van der Waals surface area contributed by atoms with Gasteiger partial charge < -0.3 is 10.3 Å². The van der Waals surface area contributed by atoms with Gasteiger partial charge in [-0.2, -0.15) is 4.98 Å². The third kappa shape index (κ3) is 4.42. The Hall–Kier alpha value is -0.900. The highest BCUT2D eigenvalue weighted by atomic mass is 16.5. The zero-order valence-electron chi connectivity index (χ0n) is 9.86. The molecule has 1 heterocycles. The average molecular weight is 211 g/mol. The van der Waals surface area contributed by atoms with E-state index in [1.54, 1.807) is 0 Å². The van der Waals surface area contributed by atoms with Crippen LogP contribution in [-0.4, -0.2) is 16.2 Å². The first kappa shape index (κ1) is 12.2. The van der Waals surface area contributed by atoms with Crippen molar-refractivity contribution in [3.05, 3.63) is 11.7 Å². The molecule has 0 aliphatic rings. The Morgan fingerprint density at radius 3 is 2.73 bits per heavy atom. The van der Waals surface area contributed by atoms with Crippen LogP contribution in [0.4, 0.5) is 0 Å². The van der Waals surface area contributed by atoms with Crippen LogP contribution < -0.4 is 5.73 Å². The minimum absolute atomic E-state index is 0.128. The largest absolute Gasteiger partial charge is 0.339 e. The van der Waals surface area contributed by atoms with E-state index >= 15 is 0 Å². The first-order chi connectivity index (χ1) is 7.11. The molecule has 0 fully saturated rings. The Balaban J connectivity index is 2.42. The summed E-state index contributed by atoms with van der Waals surface area (Å²) < 4.78 is 5.13. The second-order valence-corrected chi connectivity index (χ2v) is 4.41. The van der Waals surface area contributed by atoms with E-state index in [2.05, 4.69) is 30.9 Å². The van der Waals surface area contributed by atoms with Crippen LogP contribution in [0.1, 0.15) is 45.3 Å². The van der Waals surface area contributed by atoms with Gasteiger partial charge in [-0.25, -0.2) is 0 Å². The molecule has 2 N–H and O–H groups in total. The van der Waals surface area contributed by atoms with Gasteiger partial charge in [0.1, 0.15) is 0 Å². The molecular weight excluding hydrogens is 190 g/mol. The van der Waals surface area contributed by atoms with Gasteiger partial charge in [0.2, 0.25) is 5.89 Å². The van der Waals surface area contributed by atoms with Gasteiger partial charge in [-0.1, -0.05) is 25.9 Å². The Labute approximate surface area is 91.2 Å². The summed E-state index contributed by atoms with van der Waals surface area (Å²) in [7, 11) is 0. The lowest BCUT2D eigenvalue weighted by Gasteiger charge is -2.02. The zero-order chi connectivity index (χ0) is 11.3. The van der Waals surface area contributed by atoms with Crippen LogP contribution in [0.3, 0.4) is 0 Å². The van der Waals surface area contributed by atoms with Gasteiger partial charge in [0, 0.05) is 18.9 Å². The summed E-state index contributed by atoms with van der Waals surface area (Å²) in [6.45, 7) is 6.43. The topological polar surface area (TPSA) is 64.9 Å². The fraction of sp³-hybridized carbons (Fsp3) is 0.818. The van der Waals surface area contributed by atoms with Crippen molar-refractivity contribution in [1.82, 2.24) is 10.1 Å². The predicted octanol–water partition coefficient (Wildman–Crippen LogP) is 1.94. The molecule has 86 valence electrons. The van der Waals surface area contributed by atoms with Gasteiger partial charge in [-0.3, -0.25) is 0 Å². The van der Waals surface area contributed by atoms with E-state index in [1.807, 2.05) is 0 Å². The summed E-state index contributed by atoms with van der Waals surface area (Å²) in [4.78, 5) is 4.31. The molecule has 4 heteroatoms. The average Bonchev–Trinajstić information content (AvgIpc) is 2.62. The third-order valence-electron chi connectivity index (χ3n) is 2.42. The number of aromatic nitrogens is 2. The molecule has 1 aromatic rings. The lowest BCUT2D eigenvalue weighted by atomic mass is 10.1. The minimum atomic E-state index is 0.128. The van der Waals surface area contributed by atoms with Crippen molar-refractivity contribution in [3.8, 4) is 0 Å². The molecule has 1 unspecified atom stereocenters. The molecule has 0 aliphatic carbocycles. The second kappa shape index (κ2) is 5.85. The summed E-state index contributed by atoms with van der Waals surface area (Å²) >= 11 is 0. The lowest BCUT2D eigenvalue weighted by molar-refractivity contribution is 0.361. The zero-order valence-corrected chi connectivity index (χ0v) is 9.86. The fourth-order valence-corrected chi connectivity index (χ4v) is 1.26. The monoisotopic (exact) mass is 211 g/mol. The van der Waals surface area contributed by atoms with E-state index in [4.69, 9.17) is 10.3 Å². The van der Waals surface area contributed by atoms with Gasteiger partial charge in [0.15, 0.2) is 5.82 Å². The number of nitrogens with two attached hydrogens (primary N) is 1. The number of hydrogen-bond acceptors (Lipinski definition) is 4. The first-order valence-corrected chi connectivity index (χ1v) is 5.68. The quantitative estimate of drug-likeness (QED) is 0.781. The number of rotatable bonds is 6. The summed E-state index contributed by atoms with van der Waals surface area (Å²) in [5, 5.41) is 3.93. The van der Waals surface area contributed by atoms with Gasteiger partial charge in [-0.05, 0) is 18.8 Å². The number of aryl methyl sites for hydroxylation is 1. The molecule has 1 aromatic heterocycles. The molecular formula is C11H21N3O. The summed E-state index contributed by atoms with van der Waals surface area (Å²) in [6, 6.07) is 0.128. The second-order valence-electron chi connectivity index (χ2n) is 4.41. The third-order valence-corrected chi connectivity index (χ3v) is 2.42. The van der Waals surface area contributed by atoms with Gasteiger partial charge in [0.05, 0.1) is 0 Å². The summed E-state index contributed by atoms with van der Waals surface area (Å²) in [5.41, 5.74) is 5.81. The maximum atomic E-state index is 5.81. The van der Waals surface area contributed by atoms with E-state index < -0.39 is 0 Å². The van der Waals surface area contributed by atoms with Crippen molar-refractivity contribution < 1.29 is 4.52 Å². The summed E-state index contributed by atoms with van der Waals surface area (Å²) in [5.74, 6) is 2.15. The normalized spacial score (nSPS) is 13.4. The Kier molecular flexibility index (Phi) is 4.75. The highest BCUT2D eigenvalue weighted by molar-refractivity contribution is 4.89. The molecule has 0 radical (unpaired) electrons. The molecule has 0 amide bonds. The standard InChI is InChI=1S/C11H21N3O/c1-4-9(12)7-11-13-10(14-15-11)6-5-8(2)3/h8-9H,4-7,12H2,1-3H3. The molecule has 0 aromatic carbocycles. The Bertz CT molecular complexity index is 283. The van der Waals surface area contributed by atoms with Crippen LogP contribution >= 0.6 is 0 Å². The van der Waals surface area contributed by atoms with Crippen molar-refractivity contribution in [1.29, 1.82) is 0 Å². The highest BCUT2D eigenvalue weighted by Gasteiger charge is 2.10. The van der Waals surface area contributed by atoms with E-state index in [1.165, 1.54) is 0 Å². The van der Waals surface area contributed by atoms with Crippen LogP contribution in [-0.2, 0) is 12.8 Å². The van der Waals surface area contributed by atoms with Crippen molar-refractivity contribution in [2.45, 2.75) is 52.5 Å². The SMILES string of the molecule is CCC(N)Cc1nc(CCC(C)C)no1. The van der Waals surface area contributed by atoms with Crippen molar-refractivity contribution in [2.75, 3.05) is 0 Å². The summed E-state index contributed by atoms with van der Waals surface area (Å²) in [6.07, 6.45) is 3.61. The van der Waals surface area contributed by atoms with Crippen LogP contribution in [0.5, 0.6) is 0 Å². The van der Waals surface area contributed by atoms with Gasteiger partial charge >= 0.3 is 0 Å². The molecule has 15 heavy (non-hydrogen) atoms. The Morgan fingerprint density at radius 2 is 2.13 bits per heavy atom. The van der Waals surface area contributed by atoms with Crippen LogP contribution in [0.25, 0.3) is 0 Å². The number of hydrogen-bond donors (Lipinski definition) is 1. The Morgan fingerprint density at radius 1 is 1.40 bits per heavy atom. The molecule has 0 aliphatic heterocycles. The highest BCUT2D eigenvalue weighted by Crippen LogP contribution is 2.07. The number of nitrogens with zero attached hydrogens (tertiary/aromatic N) is 2. The molecule has 1 rings (SSSR count). The lowest BCUT2D eigenvalue weighted by Crippen LogP contribution is -2.21. The first-order valence-electron chi connectivity index (χ1n) is 5.68. The molecule has 0 bridgehead atoms. The molecule has 0 saturated heterocycles. The van der Waals surface area contributed by atoms with E-state index in [-0.39, 0.29) is 6.04 Å². The minimum Gasteiger partial charge on any atom is -0.339 e. The van der Waals surface area contributed by atoms with Crippen LogP contribution in [0, 0.1) is 5.92 Å². The van der Waals surface area contributed by atoms with Gasteiger partial charge in [0.25, 0.3) is 0 Å². The van der Waals surface area contributed by atoms with Crippen LogP contribution in [0.15, 0.2) is 4.52 Å². The van der Waals surface area contributed by atoms with E-state index in [0.29, 0.717) is 18.2 Å². The maximum absolute atomic E-state index is 5.81. The predicted molar refractivity (Wildman–Crippen MR) is 59.4 cm³/mol. The molecule has 1 atom stereocenters. The van der Waals surface area contributed by atoms with Crippen molar-refractivity contribution >= 4 is 0 Å². The van der Waals surface area contributed by atoms with Crippen molar-refractivity contribution in [2.24, 2.45) is 11.7 Å². The van der Waals surface area contributed by atoms with Crippen LogP contribution in [0.2, 0.25) is 0 Å². The smallest absolute Gasteiger partial charge is 0.228 e. The molecule has 0 saturated carbocycles. The van der Waals surface area contributed by atoms with Gasteiger partial charge in [-0.15, -0.1) is 0 Å². The molecule has 0 spiro atoms. The molecule has 4 nitrogen and oxygen atoms in total. The fourth-order valence-electron chi connectivity index (χ4n) is 1.26. The van der Waals surface area contributed by atoms with E-state index in [9.17, 15) is 0 Å². The van der Waals surface area contributed by atoms with E-state index in [0.717, 1.165) is 25.1 Å². The van der Waals surface area contributed by atoms with Crippen molar-refractivity contribution in [3.63, 3.8) is 0 Å². The maximum Gasteiger partial charge on any atom is 0.228 e.